The highest BCUT2D eigenvalue weighted by atomic mass is 127. The average Bonchev–Trinajstić information content (AvgIpc) is 3.03. The minimum atomic E-state index is -3.14. The highest BCUT2D eigenvalue weighted by molar-refractivity contribution is 14.1. The topological polar surface area (TPSA) is 46.6 Å². The molecule has 1 aliphatic heterocycles. The highest BCUT2D eigenvalue weighted by Crippen LogP contribution is 2.45. The van der Waals surface area contributed by atoms with Gasteiger partial charge in [-0.25, -0.2) is 17.1 Å². The predicted molar refractivity (Wildman–Crippen MR) is 122 cm³/mol. The number of fused-ring (bicyclic) bond motifs is 1. The van der Waals surface area contributed by atoms with Crippen LogP contribution < -0.4 is 4.74 Å². The van der Waals surface area contributed by atoms with E-state index in [4.69, 9.17) is 4.74 Å². The first-order chi connectivity index (χ1) is 13.7. The van der Waals surface area contributed by atoms with Crippen LogP contribution >= 0.6 is 22.6 Å². The molecule has 156 valence electrons. The molecule has 0 bridgehead atoms. The summed E-state index contributed by atoms with van der Waals surface area (Å²) in [5.74, 6) is 0.767. The van der Waals surface area contributed by atoms with E-state index in [-0.39, 0.29) is 21.6 Å². The Labute approximate surface area is 185 Å². The second-order valence-electron chi connectivity index (χ2n) is 8.05. The lowest BCUT2D eigenvalue weighted by atomic mass is 9.90. The van der Waals surface area contributed by atoms with Gasteiger partial charge in [-0.1, -0.05) is 28.7 Å². The van der Waals surface area contributed by atoms with Gasteiger partial charge in [0.15, 0.2) is 0 Å². The highest BCUT2D eigenvalue weighted by Gasteiger charge is 2.30. The zero-order valence-corrected chi connectivity index (χ0v) is 19.8. The fourth-order valence-corrected chi connectivity index (χ4v) is 6.78. The molecule has 1 unspecified atom stereocenters. The second-order valence-corrected chi connectivity index (χ2v) is 11.7. The SMILES string of the molecule is Cc1cc(OC2CCS(=O)(=O)N(C)C2)cc(C)c1-c1ccc(F)c2c1CC[C@H]2I. The van der Waals surface area contributed by atoms with Crippen molar-refractivity contribution in [3.8, 4) is 16.9 Å². The van der Waals surface area contributed by atoms with Crippen LogP contribution in [0.4, 0.5) is 4.39 Å². The molecular weight excluding hydrogens is 504 g/mol. The van der Waals surface area contributed by atoms with E-state index >= 15 is 0 Å². The molecule has 1 aliphatic carbocycles. The standard InChI is InChI=1S/C22H25FINO3S/c1-13-10-16(28-15-8-9-29(26,27)25(3)12-15)11-14(2)21(13)17-4-6-19(23)22-18(17)5-7-20(22)24/h4,6,10-11,15,20H,5,7-9,12H2,1-3H3/t15?,20-/m1/s1. The summed E-state index contributed by atoms with van der Waals surface area (Å²) in [6, 6.07) is 7.52. The van der Waals surface area contributed by atoms with Crippen LogP contribution in [0.15, 0.2) is 24.3 Å². The minimum absolute atomic E-state index is 0.104. The molecule has 4 rings (SSSR count). The molecule has 2 aromatic carbocycles. The monoisotopic (exact) mass is 529 g/mol. The van der Waals surface area contributed by atoms with E-state index in [9.17, 15) is 12.8 Å². The molecule has 1 fully saturated rings. The fourth-order valence-electron chi connectivity index (χ4n) is 4.53. The van der Waals surface area contributed by atoms with Crippen molar-refractivity contribution in [1.82, 2.24) is 4.31 Å². The van der Waals surface area contributed by atoms with Gasteiger partial charge in [0.05, 0.1) is 12.3 Å². The Morgan fingerprint density at radius 2 is 1.86 bits per heavy atom. The molecule has 1 saturated heterocycles. The third-order valence-electron chi connectivity index (χ3n) is 5.98. The van der Waals surface area contributed by atoms with Gasteiger partial charge in [-0.3, -0.25) is 0 Å². The molecule has 0 aromatic heterocycles. The van der Waals surface area contributed by atoms with Crippen molar-refractivity contribution in [3.63, 3.8) is 0 Å². The largest absolute Gasteiger partial charge is 0.489 e. The number of sulfonamides is 1. The van der Waals surface area contributed by atoms with Crippen LogP contribution in [0.3, 0.4) is 0 Å². The maximum Gasteiger partial charge on any atom is 0.214 e. The minimum Gasteiger partial charge on any atom is -0.489 e. The fraction of sp³-hybridized carbons (Fsp3) is 0.455. The normalized spacial score (nSPS) is 23.8. The van der Waals surface area contributed by atoms with E-state index in [2.05, 4.69) is 36.4 Å². The Kier molecular flexibility index (Phi) is 5.67. The summed E-state index contributed by atoms with van der Waals surface area (Å²) in [5, 5.41) is 0. The van der Waals surface area contributed by atoms with Crippen LogP contribution in [-0.4, -0.2) is 38.2 Å². The third-order valence-corrected chi connectivity index (χ3v) is 9.07. The van der Waals surface area contributed by atoms with Crippen LogP contribution in [0, 0.1) is 19.7 Å². The molecule has 0 saturated carbocycles. The lowest BCUT2D eigenvalue weighted by Crippen LogP contribution is -2.44. The Morgan fingerprint density at radius 1 is 1.17 bits per heavy atom. The smallest absolute Gasteiger partial charge is 0.214 e. The van der Waals surface area contributed by atoms with E-state index in [1.54, 1.807) is 13.1 Å². The Morgan fingerprint density at radius 3 is 2.52 bits per heavy atom. The summed E-state index contributed by atoms with van der Waals surface area (Å²) in [7, 11) is -1.54. The maximum atomic E-state index is 14.4. The molecule has 4 nitrogen and oxygen atoms in total. The first kappa shape index (κ1) is 21.1. The van der Waals surface area contributed by atoms with Gasteiger partial charge in [-0.05, 0) is 72.7 Å². The van der Waals surface area contributed by atoms with Crippen molar-refractivity contribution in [1.29, 1.82) is 0 Å². The van der Waals surface area contributed by atoms with Crippen LogP contribution in [0.5, 0.6) is 5.75 Å². The van der Waals surface area contributed by atoms with Crippen LogP contribution in [0.1, 0.15) is 39.0 Å². The zero-order chi connectivity index (χ0) is 20.9. The van der Waals surface area contributed by atoms with E-state index in [1.165, 1.54) is 4.31 Å². The number of rotatable bonds is 3. The van der Waals surface area contributed by atoms with E-state index < -0.39 is 10.0 Å². The van der Waals surface area contributed by atoms with Crippen molar-refractivity contribution in [3.05, 3.63) is 52.3 Å². The predicted octanol–water partition coefficient (Wildman–Crippen LogP) is 4.94. The van der Waals surface area contributed by atoms with Crippen LogP contribution in [-0.2, 0) is 16.4 Å². The molecule has 1 heterocycles. The van der Waals surface area contributed by atoms with Gasteiger partial charge < -0.3 is 4.74 Å². The number of alkyl halides is 1. The van der Waals surface area contributed by atoms with Gasteiger partial charge >= 0.3 is 0 Å². The summed E-state index contributed by atoms with van der Waals surface area (Å²) in [5.41, 5.74) is 6.41. The number of aryl methyl sites for hydroxylation is 2. The van der Waals surface area contributed by atoms with Gasteiger partial charge in [0.1, 0.15) is 17.7 Å². The van der Waals surface area contributed by atoms with Crippen molar-refractivity contribution in [2.45, 2.75) is 43.1 Å². The van der Waals surface area contributed by atoms with Gasteiger partial charge in [0, 0.05) is 23.0 Å². The Bertz CT molecular complexity index is 1050. The Hall–Kier alpha value is -1.19. The molecule has 7 heteroatoms. The number of hydrogen-bond donors (Lipinski definition) is 0. The average molecular weight is 529 g/mol. The number of hydrogen-bond acceptors (Lipinski definition) is 3. The maximum absolute atomic E-state index is 14.4. The molecule has 2 atom stereocenters. The number of likely N-dealkylation sites (N-methyl/N-ethyl adjacent to an activating group) is 1. The summed E-state index contributed by atoms with van der Waals surface area (Å²) in [6.07, 6.45) is 2.22. The van der Waals surface area contributed by atoms with Gasteiger partial charge in [-0.15, -0.1) is 0 Å². The number of halogens is 2. The summed E-state index contributed by atoms with van der Waals surface area (Å²) < 4.78 is 45.9. The molecule has 29 heavy (non-hydrogen) atoms. The molecular formula is C22H25FINO3S. The van der Waals surface area contributed by atoms with E-state index in [0.29, 0.717) is 13.0 Å². The number of ether oxygens (including phenoxy) is 1. The lowest BCUT2D eigenvalue weighted by molar-refractivity contribution is 0.164. The Balaban J connectivity index is 1.64. The number of benzene rings is 2. The summed E-state index contributed by atoms with van der Waals surface area (Å²) in [4.78, 5) is 0. The van der Waals surface area contributed by atoms with Crippen LogP contribution in [0.2, 0.25) is 0 Å². The first-order valence-electron chi connectivity index (χ1n) is 9.85. The second kappa shape index (κ2) is 7.81. The van der Waals surface area contributed by atoms with E-state index in [1.807, 2.05) is 18.2 Å². The summed E-state index contributed by atoms with van der Waals surface area (Å²) >= 11 is 2.34. The van der Waals surface area contributed by atoms with Gasteiger partial charge in [0.25, 0.3) is 0 Å². The molecule has 0 radical (unpaired) electrons. The molecule has 0 spiro atoms. The molecule has 0 amide bonds. The van der Waals surface area contributed by atoms with Gasteiger partial charge in [0.2, 0.25) is 10.0 Å². The van der Waals surface area contributed by atoms with Gasteiger partial charge in [-0.2, -0.15) is 0 Å². The molecule has 2 aromatic rings. The molecule has 0 N–H and O–H groups in total. The van der Waals surface area contributed by atoms with Crippen molar-refractivity contribution >= 4 is 32.6 Å². The van der Waals surface area contributed by atoms with Crippen molar-refractivity contribution < 1.29 is 17.5 Å². The van der Waals surface area contributed by atoms with Crippen molar-refractivity contribution in [2.24, 2.45) is 0 Å². The lowest BCUT2D eigenvalue weighted by Gasteiger charge is -2.30. The molecule has 2 aliphatic rings. The van der Waals surface area contributed by atoms with E-state index in [0.717, 1.165) is 52.0 Å². The summed E-state index contributed by atoms with van der Waals surface area (Å²) in [6.45, 7) is 4.47. The van der Waals surface area contributed by atoms with Crippen molar-refractivity contribution in [2.75, 3.05) is 19.3 Å². The first-order valence-corrected chi connectivity index (χ1v) is 12.7. The third kappa shape index (κ3) is 3.93. The number of nitrogens with zero attached hydrogens (tertiary/aromatic N) is 1. The zero-order valence-electron chi connectivity index (χ0n) is 16.8. The van der Waals surface area contributed by atoms with Crippen LogP contribution in [0.25, 0.3) is 11.1 Å². The quantitative estimate of drug-likeness (QED) is 0.418.